The van der Waals surface area contributed by atoms with Crippen molar-refractivity contribution >= 4 is 35.6 Å². The Hall–Kier alpha value is -2.02. The van der Waals surface area contributed by atoms with Gasteiger partial charge >= 0.3 is 6.18 Å². The summed E-state index contributed by atoms with van der Waals surface area (Å²) in [5.74, 6) is -1.95. The zero-order valence-electron chi connectivity index (χ0n) is 16.3. The number of halogens is 5. The van der Waals surface area contributed by atoms with Gasteiger partial charge in [0.2, 0.25) is 5.91 Å². The number of nitrogens with one attached hydrogen (secondary N) is 2. The van der Waals surface area contributed by atoms with Crippen molar-refractivity contribution in [2.45, 2.75) is 31.6 Å². The summed E-state index contributed by atoms with van der Waals surface area (Å²) in [6.45, 7) is 5.05. The van der Waals surface area contributed by atoms with Crippen LogP contribution in [0.15, 0.2) is 30.5 Å². The molecule has 2 amide bonds. The number of nitrogens with zero attached hydrogens (tertiary/aromatic N) is 1. The van der Waals surface area contributed by atoms with Crippen LogP contribution in [0.25, 0.3) is 0 Å². The summed E-state index contributed by atoms with van der Waals surface area (Å²) >= 11 is 6.04. The third-order valence-corrected chi connectivity index (χ3v) is 5.20. The lowest BCUT2D eigenvalue weighted by atomic mass is 10.2. The first-order valence-electron chi connectivity index (χ1n) is 9.02. The topological polar surface area (TPSA) is 79.7 Å². The minimum Gasteiger partial charge on any atom is -0.484 e. The largest absolute Gasteiger partial charge is 0.484 e. The number of ether oxygens (including phenoxy) is 1. The molecule has 1 aliphatic rings. The summed E-state index contributed by atoms with van der Waals surface area (Å²) in [5, 5.41) is 4.72. The number of amides is 2. The number of benzene rings is 1. The molecule has 0 saturated carbocycles. The van der Waals surface area contributed by atoms with Crippen molar-refractivity contribution in [1.29, 1.82) is 0 Å². The predicted octanol–water partition coefficient (Wildman–Crippen LogP) is 3.21. The first-order chi connectivity index (χ1) is 14.5. The molecule has 1 saturated heterocycles. The maximum Gasteiger partial charge on any atom is 0.407 e. The molecule has 2 N–H and O–H groups in total. The van der Waals surface area contributed by atoms with Crippen molar-refractivity contribution in [1.82, 2.24) is 14.9 Å². The van der Waals surface area contributed by atoms with Gasteiger partial charge in [-0.15, -0.1) is 0 Å². The molecule has 3 atom stereocenters. The molecule has 7 nitrogen and oxygen atoms in total. The van der Waals surface area contributed by atoms with Crippen LogP contribution >= 0.6 is 23.8 Å². The van der Waals surface area contributed by atoms with Crippen LogP contribution in [0.5, 0.6) is 5.75 Å². The Morgan fingerprint density at radius 2 is 2.06 bits per heavy atom. The Morgan fingerprint density at radius 1 is 1.35 bits per heavy atom. The van der Waals surface area contributed by atoms with Crippen molar-refractivity contribution in [2.24, 2.45) is 0 Å². The van der Waals surface area contributed by atoms with E-state index in [1.807, 2.05) is 0 Å². The monoisotopic (exact) mass is 485 g/mol. The zero-order valence-corrected chi connectivity index (χ0v) is 17.9. The van der Waals surface area contributed by atoms with E-state index in [0.29, 0.717) is 12.2 Å². The summed E-state index contributed by atoms with van der Waals surface area (Å²) in [6, 6.07) is 0.359. The summed E-state index contributed by atoms with van der Waals surface area (Å²) in [5.41, 5.74) is 0.139. The number of rotatable bonds is 11. The predicted molar refractivity (Wildman–Crippen MR) is 107 cm³/mol. The fraction of sp³-hybridized carbons (Fsp3) is 0.444. The third-order valence-electron chi connectivity index (χ3n) is 3.93. The molecule has 1 aromatic rings. The lowest BCUT2D eigenvalue weighted by Gasteiger charge is -2.10. The maximum atomic E-state index is 13.3. The smallest absolute Gasteiger partial charge is 0.407 e. The van der Waals surface area contributed by atoms with Crippen molar-refractivity contribution in [3.05, 3.63) is 41.3 Å². The molecule has 2 rings (SSSR count). The van der Waals surface area contributed by atoms with Gasteiger partial charge in [0.05, 0.1) is 23.9 Å². The Balaban J connectivity index is 1.70. The Morgan fingerprint density at radius 3 is 2.68 bits per heavy atom. The number of carbonyl (C=O) groups excluding carboxylic acids is 2. The Kier molecular flexibility index (Phi) is 8.98. The standard InChI is InChI=1S/C18H20ClF4N3O4S/c1-3-30-31-26-15(16(26)18(21,22)23)17(28)25-10(2)6-7-24-14(27)9-29-11-4-5-12(19)13(20)8-11/h4-5,8,15-16H,2-3,6-7,9H2,1H3,(H,24,27)(H,25,28). The minimum atomic E-state index is -4.57. The number of carbonyl (C=O) groups is 2. The molecule has 1 aliphatic heterocycles. The van der Waals surface area contributed by atoms with Crippen molar-refractivity contribution in [3.8, 4) is 5.75 Å². The molecule has 31 heavy (non-hydrogen) atoms. The van der Waals surface area contributed by atoms with Gasteiger partial charge in [0.15, 0.2) is 6.61 Å². The van der Waals surface area contributed by atoms with Crippen LogP contribution < -0.4 is 15.4 Å². The molecule has 3 unspecified atom stereocenters. The molecule has 0 spiro atoms. The highest BCUT2D eigenvalue weighted by molar-refractivity contribution is 7.92. The summed E-state index contributed by atoms with van der Waals surface area (Å²) in [7, 11) is 0. The number of hydrogen-bond donors (Lipinski definition) is 2. The number of alkyl halides is 3. The molecule has 13 heteroatoms. The molecular weight excluding hydrogens is 466 g/mol. The van der Waals surface area contributed by atoms with Gasteiger partial charge in [0.1, 0.15) is 23.7 Å². The van der Waals surface area contributed by atoms with Crippen molar-refractivity contribution < 1.29 is 36.1 Å². The van der Waals surface area contributed by atoms with E-state index in [-0.39, 0.29) is 36.0 Å². The van der Waals surface area contributed by atoms with Crippen LogP contribution in [0.4, 0.5) is 17.6 Å². The first-order valence-corrected chi connectivity index (χ1v) is 10.1. The Labute approximate surface area is 185 Å². The van der Waals surface area contributed by atoms with Crippen LogP contribution in [0.3, 0.4) is 0 Å². The van der Waals surface area contributed by atoms with Crippen LogP contribution in [-0.2, 0) is 13.8 Å². The van der Waals surface area contributed by atoms with Gasteiger partial charge in [0, 0.05) is 24.7 Å². The van der Waals surface area contributed by atoms with Crippen molar-refractivity contribution in [3.63, 3.8) is 0 Å². The highest BCUT2D eigenvalue weighted by atomic mass is 35.5. The van der Waals surface area contributed by atoms with Gasteiger partial charge in [-0.3, -0.25) is 9.59 Å². The fourth-order valence-corrected chi connectivity index (χ4v) is 3.35. The molecule has 1 aromatic carbocycles. The van der Waals surface area contributed by atoms with Crippen LogP contribution in [-0.4, -0.2) is 54.1 Å². The van der Waals surface area contributed by atoms with Gasteiger partial charge in [0.25, 0.3) is 5.91 Å². The molecular formula is C18H20ClF4N3O4S. The first kappa shape index (κ1) is 25.2. The van der Waals surface area contributed by atoms with Gasteiger partial charge in [-0.1, -0.05) is 18.2 Å². The second-order valence-electron chi connectivity index (χ2n) is 6.33. The summed E-state index contributed by atoms with van der Waals surface area (Å²) in [6.07, 6.45) is -4.48. The van der Waals surface area contributed by atoms with Gasteiger partial charge in [-0.05, 0) is 19.1 Å². The van der Waals surface area contributed by atoms with Gasteiger partial charge in [-0.2, -0.15) is 17.5 Å². The second kappa shape index (κ2) is 11.0. The molecule has 1 fully saturated rings. The van der Waals surface area contributed by atoms with Crippen LogP contribution in [0.2, 0.25) is 5.02 Å². The van der Waals surface area contributed by atoms with E-state index in [1.165, 1.54) is 12.1 Å². The minimum absolute atomic E-state index is 0.0566. The van der Waals surface area contributed by atoms with E-state index in [4.69, 9.17) is 20.5 Å². The van der Waals surface area contributed by atoms with Crippen LogP contribution in [0, 0.1) is 5.82 Å². The quantitative estimate of drug-likeness (QED) is 0.217. The lowest BCUT2D eigenvalue weighted by molar-refractivity contribution is -0.137. The SMILES string of the molecule is C=C(CCNC(=O)COc1ccc(Cl)c(F)c1)NC(=O)C1C(C(F)(F)F)N1SOCC. The Bertz CT molecular complexity index is 827. The van der Waals surface area contributed by atoms with E-state index >= 15 is 0 Å². The summed E-state index contributed by atoms with van der Waals surface area (Å²) in [4.78, 5) is 23.9. The molecule has 0 aromatic heterocycles. The van der Waals surface area contributed by atoms with E-state index < -0.39 is 42.5 Å². The van der Waals surface area contributed by atoms with Crippen LogP contribution in [0.1, 0.15) is 13.3 Å². The molecule has 0 aliphatic carbocycles. The van der Waals surface area contributed by atoms with E-state index in [2.05, 4.69) is 17.2 Å². The maximum absolute atomic E-state index is 13.3. The van der Waals surface area contributed by atoms with E-state index in [0.717, 1.165) is 10.4 Å². The lowest BCUT2D eigenvalue weighted by Crippen LogP contribution is -2.34. The molecule has 172 valence electrons. The second-order valence-corrected chi connectivity index (χ2v) is 7.54. The molecule has 1 heterocycles. The summed E-state index contributed by atoms with van der Waals surface area (Å²) < 4.78 is 63.1. The van der Waals surface area contributed by atoms with Crippen molar-refractivity contribution in [2.75, 3.05) is 19.8 Å². The fourth-order valence-electron chi connectivity index (χ4n) is 2.43. The average Bonchev–Trinajstić information content (AvgIpc) is 3.42. The highest BCUT2D eigenvalue weighted by Gasteiger charge is 2.67. The number of hydrogen-bond acceptors (Lipinski definition) is 6. The van der Waals surface area contributed by atoms with Gasteiger partial charge in [-0.25, -0.2) is 4.39 Å². The third kappa shape index (κ3) is 7.56. The average molecular weight is 486 g/mol. The zero-order chi connectivity index (χ0) is 23.2. The van der Waals surface area contributed by atoms with Gasteiger partial charge < -0.3 is 19.6 Å². The molecule has 0 radical (unpaired) electrons. The highest BCUT2D eigenvalue weighted by Crippen LogP contribution is 2.46. The van der Waals surface area contributed by atoms with E-state index in [9.17, 15) is 27.2 Å². The molecule has 0 bridgehead atoms. The van der Waals surface area contributed by atoms with E-state index in [1.54, 1.807) is 6.92 Å². The normalized spacial score (nSPS) is 20.1.